The van der Waals surface area contributed by atoms with Crippen LogP contribution in [-0.4, -0.2) is 16.1 Å². The minimum Gasteiger partial charge on any atom is -0.309 e. The third-order valence-electron chi connectivity index (χ3n) is 3.90. The van der Waals surface area contributed by atoms with Gasteiger partial charge in [-0.3, -0.25) is 9.89 Å². The molecule has 4 heteroatoms. The van der Waals surface area contributed by atoms with Gasteiger partial charge in [-0.15, -0.1) is 0 Å². The zero-order valence-electron chi connectivity index (χ0n) is 11.6. The number of rotatable bonds is 3. The lowest BCUT2D eigenvalue weighted by molar-refractivity contribution is -0.117. The third-order valence-corrected chi connectivity index (χ3v) is 3.90. The number of aromatic nitrogens is 2. The number of carbonyl (C=O) groups is 1. The normalized spacial score (nSPS) is 17.6. The summed E-state index contributed by atoms with van der Waals surface area (Å²) in [6, 6.07) is 10.4. The van der Waals surface area contributed by atoms with E-state index in [1.807, 2.05) is 13.0 Å². The number of carbonyl (C=O) groups excluding carboxylic acids is 1. The third kappa shape index (κ3) is 2.90. The van der Waals surface area contributed by atoms with Crippen LogP contribution in [0.4, 0.5) is 5.82 Å². The van der Waals surface area contributed by atoms with Gasteiger partial charge < -0.3 is 5.32 Å². The summed E-state index contributed by atoms with van der Waals surface area (Å²) in [6.45, 7) is 1.92. The Balaban J connectivity index is 1.58. The Hall–Kier alpha value is -2.10. The van der Waals surface area contributed by atoms with Gasteiger partial charge >= 0.3 is 0 Å². The van der Waals surface area contributed by atoms with Gasteiger partial charge in [-0.25, -0.2) is 0 Å². The second-order valence-corrected chi connectivity index (χ2v) is 5.57. The zero-order chi connectivity index (χ0) is 13.9. The molecule has 1 atom stereocenters. The second kappa shape index (κ2) is 5.49. The van der Waals surface area contributed by atoms with Crippen molar-refractivity contribution in [3.63, 3.8) is 0 Å². The molecule has 1 aliphatic carbocycles. The first kappa shape index (κ1) is 12.9. The van der Waals surface area contributed by atoms with Crippen molar-refractivity contribution in [3.8, 4) is 0 Å². The standard InChI is InChI=1S/C16H19N3O/c1-11-8-15(19-18-11)17-16(20)10-12-6-7-13-4-2-3-5-14(13)9-12/h2-5,8,12H,6-7,9-10H2,1H3,(H2,17,18,19,20). The van der Waals surface area contributed by atoms with E-state index < -0.39 is 0 Å². The number of benzene rings is 1. The number of aromatic amines is 1. The van der Waals surface area contributed by atoms with Crippen molar-refractivity contribution in [2.24, 2.45) is 5.92 Å². The van der Waals surface area contributed by atoms with E-state index in [4.69, 9.17) is 0 Å². The van der Waals surface area contributed by atoms with Crippen molar-refractivity contribution in [1.29, 1.82) is 0 Å². The number of nitrogens with one attached hydrogen (secondary N) is 2. The quantitative estimate of drug-likeness (QED) is 0.900. The summed E-state index contributed by atoms with van der Waals surface area (Å²) >= 11 is 0. The minimum atomic E-state index is 0.0564. The van der Waals surface area contributed by atoms with Crippen LogP contribution in [0.5, 0.6) is 0 Å². The van der Waals surface area contributed by atoms with Crippen molar-refractivity contribution in [1.82, 2.24) is 10.2 Å². The van der Waals surface area contributed by atoms with Crippen molar-refractivity contribution in [2.75, 3.05) is 5.32 Å². The molecule has 104 valence electrons. The molecule has 4 nitrogen and oxygen atoms in total. The number of amides is 1. The number of hydrogen-bond donors (Lipinski definition) is 2. The maximum absolute atomic E-state index is 12.0. The number of fused-ring (bicyclic) bond motifs is 1. The highest BCUT2D eigenvalue weighted by atomic mass is 16.1. The van der Waals surface area contributed by atoms with Crippen LogP contribution >= 0.6 is 0 Å². The van der Waals surface area contributed by atoms with Gasteiger partial charge in [0.1, 0.15) is 0 Å². The number of anilines is 1. The van der Waals surface area contributed by atoms with E-state index >= 15 is 0 Å². The lowest BCUT2D eigenvalue weighted by Gasteiger charge is -2.23. The predicted molar refractivity (Wildman–Crippen MR) is 78.5 cm³/mol. The van der Waals surface area contributed by atoms with E-state index in [0.717, 1.165) is 25.0 Å². The Morgan fingerprint density at radius 2 is 2.20 bits per heavy atom. The van der Waals surface area contributed by atoms with Gasteiger partial charge in [-0.2, -0.15) is 5.10 Å². The molecule has 1 unspecified atom stereocenters. The Bertz CT molecular complexity index is 618. The van der Waals surface area contributed by atoms with Gasteiger partial charge in [-0.1, -0.05) is 24.3 Å². The highest BCUT2D eigenvalue weighted by Crippen LogP contribution is 2.27. The molecule has 1 aliphatic rings. The number of hydrogen-bond acceptors (Lipinski definition) is 2. The Morgan fingerprint density at radius 1 is 1.40 bits per heavy atom. The Morgan fingerprint density at radius 3 is 2.95 bits per heavy atom. The molecule has 0 spiro atoms. The summed E-state index contributed by atoms with van der Waals surface area (Å²) in [5, 5.41) is 9.71. The molecular formula is C16H19N3O. The largest absolute Gasteiger partial charge is 0.309 e. The second-order valence-electron chi connectivity index (χ2n) is 5.57. The van der Waals surface area contributed by atoms with Gasteiger partial charge in [-0.05, 0) is 43.2 Å². The first-order valence-electron chi connectivity index (χ1n) is 7.09. The number of H-pyrrole nitrogens is 1. The van der Waals surface area contributed by atoms with E-state index in [9.17, 15) is 4.79 Å². The first-order valence-corrected chi connectivity index (χ1v) is 7.09. The smallest absolute Gasteiger partial charge is 0.225 e. The SMILES string of the molecule is Cc1cc(NC(=O)CC2CCc3ccccc3C2)n[nH]1. The van der Waals surface area contributed by atoms with E-state index in [0.29, 0.717) is 18.2 Å². The van der Waals surface area contributed by atoms with E-state index in [2.05, 4.69) is 39.8 Å². The lowest BCUT2D eigenvalue weighted by atomic mass is 9.82. The molecule has 0 radical (unpaired) electrons. The highest BCUT2D eigenvalue weighted by Gasteiger charge is 2.21. The monoisotopic (exact) mass is 269 g/mol. The Kier molecular flexibility index (Phi) is 3.54. The Labute approximate surface area is 118 Å². The molecule has 1 amide bonds. The van der Waals surface area contributed by atoms with E-state index in [1.54, 1.807) is 0 Å². The predicted octanol–water partition coefficient (Wildman–Crippen LogP) is 2.85. The minimum absolute atomic E-state index is 0.0564. The van der Waals surface area contributed by atoms with Crippen LogP contribution in [0.15, 0.2) is 30.3 Å². The highest BCUT2D eigenvalue weighted by molar-refractivity contribution is 5.89. The number of nitrogens with zero attached hydrogens (tertiary/aromatic N) is 1. The number of aryl methyl sites for hydroxylation is 2. The summed E-state index contributed by atoms with van der Waals surface area (Å²) < 4.78 is 0. The maximum atomic E-state index is 12.0. The molecule has 0 saturated heterocycles. The molecule has 1 heterocycles. The average molecular weight is 269 g/mol. The van der Waals surface area contributed by atoms with Crippen LogP contribution in [0.25, 0.3) is 0 Å². The van der Waals surface area contributed by atoms with Crippen LogP contribution < -0.4 is 5.32 Å². The molecule has 2 N–H and O–H groups in total. The summed E-state index contributed by atoms with van der Waals surface area (Å²) in [6.07, 6.45) is 3.74. The molecule has 1 aromatic heterocycles. The van der Waals surface area contributed by atoms with Gasteiger partial charge in [0.05, 0.1) is 0 Å². The van der Waals surface area contributed by atoms with Crippen LogP contribution in [0, 0.1) is 12.8 Å². The van der Waals surface area contributed by atoms with E-state index in [-0.39, 0.29) is 5.91 Å². The molecule has 0 aliphatic heterocycles. The summed E-state index contributed by atoms with van der Waals surface area (Å²) in [5.41, 5.74) is 3.78. The van der Waals surface area contributed by atoms with Crippen LogP contribution in [0.1, 0.15) is 29.7 Å². The molecule has 0 saturated carbocycles. The maximum Gasteiger partial charge on any atom is 0.225 e. The van der Waals surface area contributed by atoms with Crippen molar-refractivity contribution >= 4 is 11.7 Å². The van der Waals surface area contributed by atoms with Gasteiger partial charge in [0.15, 0.2) is 5.82 Å². The fourth-order valence-electron chi connectivity index (χ4n) is 2.89. The molecule has 3 rings (SSSR count). The molecule has 1 aromatic carbocycles. The summed E-state index contributed by atoms with van der Waals surface area (Å²) in [5.74, 6) is 1.11. The molecule has 2 aromatic rings. The topological polar surface area (TPSA) is 57.8 Å². The van der Waals surface area contributed by atoms with Crippen LogP contribution in [-0.2, 0) is 17.6 Å². The zero-order valence-corrected chi connectivity index (χ0v) is 11.6. The fourth-order valence-corrected chi connectivity index (χ4v) is 2.89. The molecule has 0 fully saturated rings. The summed E-state index contributed by atoms with van der Waals surface area (Å²) in [4.78, 5) is 12.0. The van der Waals surface area contributed by atoms with Gasteiger partial charge in [0.2, 0.25) is 5.91 Å². The molecule has 0 bridgehead atoms. The lowest BCUT2D eigenvalue weighted by Crippen LogP contribution is -2.21. The average Bonchev–Trinajstić information content (AvgIpc) is 2.83. The van der Waals surface area contributed by atoms with Crippen molar-refractivity contribution < 1.29 is 4.79 Å². The van der Waals surface area contributed by atoms with Crippen LogP contribution in [0.3, 0.4) is 0 Å². The van der Waals surface area contributed by atoms with E-state index in [1.165, 1.54) is 11.1 Å². The van der Waals surface area contributed by atoms with Gasteiger partial charge in [0, 0.05) is 18.2 Å². The van der Waals surface area contributed by atoms with Gasteiger partial charge in [0.25, 0.3) is 0 Å². The van der Waals surface area contributed by atoms with Crippen LogP contribution in [0.2, 0.25) is 0 Å². The van der Waals surface area contributed by atoms with Crippen molar-refractivity contribution in [2.45, 2.75) is 32.6 Å². The van der Waals surface area contributed by atoms with Crippen molar-refractivity contribution in [3.05, 3.63) is 47.2 Å². The fraction of sp³-hybridized carbons (Fsp3) is 0.375. The first-order chi connectivity index (χ1) is 9.70. The molecule has 20 heavy (non-hydrogen) atoms. The molecular weight excluding hydrogens is 250 g/mol. The summed E-state index contributed by atoms with van der Waals surface area (Å²) in [7, 11) is 0.